The van der Waals surface area contributed by atoms with Crippen molar-refractivity contribution < 1.29 is 17.2 Å². The van der Waals surface area contributed by atoms with Gasteiger partial charge in [0.05, 0.1) is 0 Å². The van der Waals surface area contributed by atoms with E-state index in [9.17, 15) is 17.2 Å². The van der Waals surface area contributed by atoms with Crippen molar-refractivity contribution in [2.24, 2.45) is 0 Å². The zero-order chi connectivity index (χ0) is 15.7. The SMILES string of the molecule is O=S(=O)(c1c(F)cccc1F)N(CCc1cccs1)C1CC1. The van der Waals surface area contributed by atoms with Gasteiger partial charge in [0.25, 0.3) is 0 Å². The fraction of sp³-hybridized carbons (Fsp3) is 0.333. The van der Waals surface area contributed by atoms with Crippen LogP contribution in [0.1, 0.15) is 17.7 Å². The van der Waals surface area contributed by atoms with Crippen molar-refractivity contribution in [3.8, 4) is 0 Å². The van der Waals surface area contributed by atoms with Gasteiger partial charge >= 0.3 is 0 Å². The van der Waals surface area contributed by atoms with Crippen molar-refractivity contribution in [3.63, 3.8) is 0 Å². The van der Waals surface area contributed by atoms with E-state index >= 15 is 0 Å². The molecule has 3 rings (SSSR count). The third kappa shape index (κ3) is 3.06. The summed E-state index contributed by atoms with van der Waals surface area (Å²) in [5.74, 6) is -2.08. The van der Waals surface area contributed by atoms with Crippen LogP contribution in [0.2, 0.25) is 0 Å². The number of sulfonamides is 1. The van der Waals surface area contributed by atoms with Gasteiger partial charge in [0, 0.05) is 17.5 Å². The lowest BCUT2D eigenvalue weighted by molar-refractivity contribution is 0.399. The second-order valence-electron chi connectivity index (χ2n) is 5.23. The van der Waals surface area contributed by atoms with Gasteiger partial charge < -0.3 is 0 Å². The van der Waals surface area contributed by atoms with Crippen LogP contribution in [-0.4, -0.2) is 25.3 Å². The molecule has 0 bridgehead atoms. The Morgan fingerprint density at radius 3 is 2.36 bits per heavy atom. The lowest BCUT2D eigenvalue weighted by atomic mass is 10.3. The highest BCUT2D eigenvalue weighted by atomic mass is 32.2. The first-order chi connectivity index (χ1) is 10.5. The third-order valence-corrected chi connectivity index (χ3v) is 6.54. The molecule has 0 atom stereocenters. The van der Waals surface area contributed by atoms with E-state index in [4.69, 9.17) is 0 Å². The van der Waals surface area contributed by atoms with Gasteiger partial charge in [0.15, 0.2) is 4.90 Å². The van der Waals surface area contributed by atoms with Crippen LogP contribution in [0.25, 0.3) is 0 Å². The number of hydrogen-bond acceptors (Lipinski definition) is 3. The zero-order valence-electron chi connectivity index (χ0n) is 11.7. The molecule has 118 valence electrons. The molecule has 0 N–H and O–H groups in total. The number of nitrogens with zero attached hydrogens (tertiary/aromatic N) is 1. The minimum absolute atomic E-state index is 0.149. The van der Waals surface area contributed by atoms with E-state index in [0.29, 0.717) is 6.42 Å². The Bertz CT molecular complexity index is 736. The minimum Gasteiger partial charge on any atom is -0.207 e. The molecule has 1 saturated carbocycles. The summed E-state index contributed by atoms with van der Waals surface area (Å²) < 4.78 is 54.3. The molecule has 1 aliphatic carbocycles. The second-order valence-corrected chi connectivity index (χ2v) is 8.09. The summed E-state index contributed by atoms with van der Waals surface area (Å²) in [6, 6.07) is 6.78. The van der Waals surface area contributed by atoms with E-state index in [1.165, 1.54) is 4.31 Å². The van der Waals surface area contributed by atoms with Crippen molar-refractivity contribution in [1.29, 1.82) is 0 Å². The average Bonchev–Trinajstić information content (AvgIpc) is 3.13. The molecule has 0 unspecified atom stereocenters. The Balaban J connectivity index is 1.90. The Hall–Kier alpha value is -1.31. The first kappa shape index (κ1) is 15.6. The number of thiophene rings is 1. The van der Waals surface area contributed by atoms with Crippen LogP contribution in [0, 0.1) is 11.6 Å². The smallest absolute Gasteiger partial charge is 0.207 e. The van der Waals surface area contributed by atoms with Crippen molar-refractivity contribution >= 4 is 21.4 Å². The summed E-state index contributed by atoms with van der Waals surface area (Å²) in [4.78, 5) is 0.211. The fourth-order valence-corrected chi connectivity index (χ4v) is 4.88. The Kier molecular flexibility index (Phi) is 4.29. The van der Waals surface area contributed by atoms with Gasteiger partial charge in [-0.3, -0.25) is 0 Å². The second kappa shape index (κ2) is 6.06. The molecule has 0 amide bonds. The minimum atomic E-state index is -4.16. The molecule has 1 aliphatic rings. The molecule has 2 aromatic rings. The molecule has 1 aromatic heterocycles. The highest BCUT2D eigenvalue weighted by Crippen LogP contribution is 2.34. The molecule has 0 saturated heterocycles. The normalized spacial score (nSPS) is 15.4. The molecule has 1 aromatic carbocycles. The maximum Gasteiger partial charge on any atom is 0.249 e. The first-order valence-corrected chi connectivity index (χ1v) is 9.30. The van der Waals surface area contributed by atoms with Gasteiger partial charge in [-0.25, -0.2) is 17.2 Å². The van der Waals surface area contributed by atoms with Crippen LogP contribution in [0.4, 0.5) is 8.78 Å². The van der Waals surface area contributed by atoms with Gasteiger partial charge in [-0.05, 0) is 42.8 Å². The van der Waals surface area contributed by atoms with Gasteiger partial charge in [-0.1, -0.05) is 12.1 Å². The molecular formula is C15H15F2NO2S2. The fourth-order valence-electron chi connectivity index (χ4n) is 2.38. The van der Waals surface area contributed by atoms with E-state index < -0.39 is 26.6 Å². The third-order valence-electron chi connectivity index (χ3n) is 3.60. The van der Waals surface area contributed by atoms with E-state index in [1.54, 1.807) is 11.3 Å². The van der Waals surface area contributed by atoms with Crippen LogP contribution in [-0.2, 0) is 16.4 Å². The number of hydrogen-bond donors (Lipinski definition) is 0. The van der Waals surface area contributed by atoms with Crippen molar-refractivity contribution in [1.82, 2.24) is 4.31 Å². The number of benzene rings is 1. The van der Waals surface area contributed by atoms with Crippen molar-refractivity contribution in [3.05, 3.63) is 52.2 Å². The number of halogens is 2. The maximum absolute atomic E-state index is 13.9. The van der Waals surface area contributed by atoms with Crippen LogP contribution in [0.3, 0.4) is 0 Å². The topological polar surface area (TPSA) is 37.4 Å². The quantitative estimate of drug-likeness (QED) is 0.806. The summed E-state index contributed by atoms with van der Waals surface area (Å²) in [5, 5.41) is 1.92. The molecule has 0 aliphatic heterocycles. The highest BCUT2D eigenvalue weighted by molar-refractivity contribution is 7.89. The molecule has 1 fully saturated rings. The van der Waals surface area contributed by atoms with E-state index in [-0.39, 0.29) is 12.6 Å². The van der Waals surface area contributed by atoms with Crippen LogP contribution < -0.4 is 0 Å². The van der Waals surface area contributed by atoms with E-state index in [1.807, 2.05) is 17.5 Å². The first-order valence-electron chi connectivity index (χ1n) is 6.98. The Morgan fingerprint density at radius 1 is 1.14 bits per heavy atom. The monoisotopic (exact) mass is 343 g/mol. The molecule has 1 heterocycles. The van der Waals surface area contributed by atoms with Crippen LogP contribution >= 0.6 is 11.3 Å². The molecule has 22 heavy (non-hydrogen) atoms. The number of rotatable bonds is 6. The van der Waals surface area contributed by atoms with E-state index in [0.717, 1.165) is 35.9 Å². The molecule has 0 spiro atoms. The van der Waals surface area contributed by atoms with Crippen molar-refractivity contribution in [2.75, 3.05) is 6.54 Å². The predicted octanol–water partition coefficient (Wildman–Crippen LogP) is 3.42. The molecule has 0 radical (unpaired) electrons. The predicted molar refractivity (Wildman–Crippen MR) is 81.3 cm³/mol. The molecular weight excluding hydrogens is 328 g/mol. The Labute approximate surface area is 132 Å². The average molecular weight is 343 g/mol. The van der Waals surface area contributed by atoms with Gasteiger partial charge in [0.1, 0.15) is 11.6 Å². The van der Waals surface area contributed by atoms with Crippen LogP contribution in [0.5, 0.6) is 0 Å². The van der Waals surface area contributed by atoms with Gasteiger partial charge in [0.2, 0.25) is 10.0 Å². The molecule has 3 nitrogen and oxygen atoms in total. The Morgan fingerprint density at radius 2 is 1.82 bits per heavy atom. The molecule has 7 heteroatoms. The summed E-state index contributed by atoms with van der Waals surface area (Å²) in [6.45, 7) is 0.237. The summed E-state index contributed by atoms with van der Waals surface area (Å²) in [6.07, 6.45) is 2.02. The summed E-state index contributed by atoms with van der Waals surface area (Å²) in [7, 11) is -4.16. The summed E-state index contributed by atoms with van der Waals surface area (Å²) in [5.41, 5.74) is 0. The lowest BCUT2D eigenvalue weighted by Gasteiger charge is -2.22. The maximum atomic E-state index is 13.9. The largest absolute Gasteiger partial charge is 0.249 e. The summed E-state index contributed by atoms with van der Waals surface area (Å²) >= 11 is 1.54. The van der Waals surface area contributed by atoms with Gasteiger partial charge in [-0.15, -0.1) is 11.3 Å². The van der Waals surface area contributed by atoms with Crippen LogP contribution in [0.15, 0.2) is 40.6 Å². The van der Waals surface area contributed by atoms with Crippen molar-refractivity contribution in [2.45, 2.75) is 30.2 Å². The van der Waals surface area contributed by atoms with E-state index in [2.05, 4.69) is 0 Å². The van der Waals surface area contributed by atoms with Gasteiger partial charge in [-0.2, -0.15) is 4.31 Å². The zero-order valence-corrected chi connectivity index (χ0v) is 13.3. The lowest BCUT2D eigenvalue weighted by Crippen LogP contribution is -2.35. The standard InChI is InChI=1S/C15H15F2NO2S2/c16-13-4-1-5-14(17)15(13)22(19,20)18(11-6-7-11)9-8-12-3-2-10-21-12/h1-5,10-11H,6-9H2. The highest BCUT2D eigenvalue weighted by Gasteiger charge is 2.40.